The number of rotatable bonds is 5. The second-order valence-corrected chi connectivity index (χ2v) is 8.76. The third kappa shape index (κ3) is 4.97. The van der Waals surface area contributed by atoms with Crippen molar-refractivity contribution in [2.24, 2.45) is 5.92 Å². The van der Waals surface area contributed by atoms with E-state index in [9.17, 15) is 9.90 Å². The largest absolute Gasteiger partial charge is 0.390 e. The van der Waals surface area contributed by atoms with Crippen molar-refractivity contribution in [3.05, 3.63) is 48.0 Å². The first-order chi connectivity index (χ1) is 14.1. The fourth-order valence-corrected chi connectivity index (χ4v) is 4.61. The van der Waals surface area contributed by atoms with Gasteiger partial charge in [0.05, 0.1) is 6.10 Å². The van der Waals surface area contributed by atoms with Crippen LogP contribution in [-0.4, -0.2) is 84.2 Å². The van der Waals surface area contributed by atoms with Gasteiger partial charge in [-0.15, -0.1) is 0 Å². The Kier molecular flexibility index (Phi) is 6.48. The van der Waals surface area contributed by atoms with E-state index in [4.69, 9.17) is 0 Å². The molecule has 2 saturated heterocycles. The lowest BCUT2D eigenvalue weighted by Gasteiger charge is -2.37. The number of piperazine rings is 1. The number of amides is 1. The van der Waals surface area contributed by atoms with Crippen molar-refractivity contribution in [1.82, 2.24) is 14.7 Å². The molecular formula is C24H33N3O2. The van der Waals surface area contributed by atoms with Crippen LogP contribution in [-0.2, 0) is 0 Å². The molecule has 1 amide bonds. The first-order valence-electron chi connectivity index (χ1n) is 11.0. The zero-order valence-corrected chi connectivity index (χ0v) is 17.5. The summed E-state index contributed by atoms with van der Waals surface area (Å²) in [6.45, 7) is 9.06. The molecule has 5 heteroatoms. The molecular weight excluding hydrogens is 362 g/mol. The van der Waals surface area contributed by atoms with Gasteiger partial charge in [-0.2, -0.15) is 0 Å². The number of aliphatic hydroxyl groups is 1. The molecule has 2 aliphatic rings. The molecule has 29 heavy (non-hydrogen) atoms. The van der Waals surface area contributed by atoms with Gasteiger partial charge >= 0.3 is 0 Å². The predicted molar refractivity (Wildman–Crippen MR) is 117 cm³/mol. The minimum atomic E-state index is -0.316. The molecule has 1 N–H and O–H groups in total. The lowest BCUT2D eigenvalue weighted by atomic mass is 9.99. The van der Waals surface area contributed by atoms with Crippen LogP contribution in [0.5, 0.6) is 0 Å². The molecule has 2 heterocycles. The summed E-state index contributed by atoms with van der Waals surface area (Å²) in [4.78, 5) is 19.7. The van der Waals surface area contributed by atoms with Gasteiger partial charge in [0.15, 0.2) is 0 Å². The Morgan fingerprint density at radius 3 is 2.28 bits per heavy atom. The van der Waals surface area contributed by atoms with E-state index in [-0.39, 0.29) is 12.0 Å². The number of carbonyl (C=O) groups excluding carboxylic acids is 1. The average Bonchev–Trinajstić information content (AvgIpc) is 2.75. The van der Waals surface area contributed by atoms with Crippen molar-refractivity contribution in [1.29, 1.82) is 0 Å². The fourth-order valence-electron chi connectivity index (χ4n) is 4.61. The molecule has 0 aliphatic carbocycles. The summed E-state index contributed by atoms with van der Waals surface area (Å²) in [5, 5.41) is 12.7. The predicted octanol–water partition coefficient (Wildman–Crippen LogP) is 2.69. The lowest BCUT2D eigenvalue weighted by molar-refractivity contribution is 0.0386. The van der Waals surface area contributed by atoms with Gasteiger partial charge in [-0.3, -0.25) is 9.69 Å². The molecule has 0 spiro atoms. The number of likely N-dealkylation sites (tertiary alicyclic amines) is 1. The molecule has 156 valence electrons. The van der Waals surface area contributed by atoms with Gasteiger partial charge in [0.25, 0.3) is 5.91 Å². The van der Waals surface area contributed by atoms with Crippen LogP contribution in [0, 0.1) is 5.92 Å². The maximum Gasteiger partial charge on any atom is 0.254 e. The molecule has 0 saturated carbocycles. The summed E-state index contributed by atoms with van der Waals surface area (Å²) in [5.74, 6) is 0.931. The van der Waals surface area contributed by atoms with E-state index in [1.165, 1.54) is 12.8 Å². The number of benzene rings is 2. The number of aliphatic hydroxyl groups excluding tert-OH is 1. The molecule has 5 nitrogen and oxygen atoms in total. The minimum Gasteiger partial charge on any atom is -0.390 e. The van der Waals surface area contributed by atoms with Crippen LogP contribution in [0.4, 0.5) is 0 Å². The molecule has 0 aromatic heterocycles. The van der Waals surface area contributed by atoms with Crippen LogP contribution in [0.1, 0.15) is 30.1 Å². The number of hydrogen-bond donors (Lipinski definition) is 1. The highest BCUT2D eigenvalue weighted by Gasteiger charge is 2.25. The Balaban J connectivity index is 1.28. The Hall–Kier alpha value is -1.95. The molecule has 2 aliphatic heterocycles. The SMILES string of the molecule is CC1CCN(CC(O)CN2CCN(C(=O)c3cccc4ccccc34)CC2)CC1. The highest BCUT2D eigenvalue weighted by Crippen LogP contribution is 2.21. The van der Waals surface area contributed by atoms with Gasteiger partial charge in [0.1, 0.15) is 0 Å². The first-order valence-corrected chi connectivity index (χ1v) is 11.0. The number of nitrogens with zero attached hydrogens (tertiary/aromatic N) is 3. The van der Waals surface area contributed by atoms with E-state index < -0.39 is 0 Å². The van der Waals surface area contributed by atoms with Crippen molar-refractivity contribution in [3.63, 3.8) is 0 Å². The summed E-state index contributed by atoms with van der Waals surface area (Å²) >= 11 is 0. The van der Waals surface area contributed by atoms with E-state index >= 15 is 0 Å². The highest BCUT2D eigenvalue weighted by molar-refractivity contribution is 6.07. The van der Waals surface area contributed by atoms with Gasteiger partial charge < -0.3 is 14.9 Å². The Bertz CT molecular complexity index is 818. The third-order valence-electron chi connectivity index (χ3n) is 6.49. The van der Waals surface area contributed by atoms with Gasteiger partial charge in [-0.25, -0.2) is 0 Å². The van der Waals surface area contributed by atoms with Crippen LogP contribution in [0.3, 0.4) is 0 Å². The monoisotopic (exact) mass is 395 g/mol. The number of β-amino-alcohol motifs (C(OH)–C–C–N with tert-alkyl or cyclic N) is 1. The van der Waals surface area contributed by atoms with Crippen LogP contribution < -0.4 is 0 Å². The molecule has 0 radical (unpaired) electrons. The average molecular weight is 396 g/mol. The summed E-state index contributed by atoms with van der Waals surface area (Å²) in [6, 6.07) is 14.0. The van der Waals surface area contributed by atoms with Gasteiger partial charge in [0, 0.05) is 44.8 Å². The molecule has 2 aromatic carbocycles. The van der Waals surface area contributed by atoms with Gasteiger partial charge in [-0.05, 0) is 48.7 Å². The van der Waals surface area contributed by atoms with Crippen molar-refractivity contribution < 1.29 is 9.90 Å². The van der Waals surface area contributed by atoms with Crippen LogP contribution in [0.2, 0.25) is 0 Å². The maximum absolute atomic E-state index is 13.1. The number of hydrogen-bond acceptors (Lipinski definition) is 4. The summed E-state index contributed by atoms with van der Waals surface area (Å²) < 4.78 is 0. The molecule has 0 bridgehead atoms. The molecule has 1 atom stereocenters. The summed E-state index contributed by atoms with van der Waals surface area (Å²) in [7, 11) is 0. The van der Waals surface area contributed by atoms with E-state index in [2.05, 4.69) is 28.9 Å². The summed E-state index contributed by atoms with van der Waals surface area (Å²) in [6.07, 6.45) is 2.16. The van der Waals surface area contributed by atoms with E-state index in [1.807, 2.05) is 35.2 Å². The first kappa shape index (κ1) is 20.3. The molecule has 4 rings (SSSR count). The molecule has 1 unspecified atom stereocenters. The topological polar surface area (TPSA) is 47.0 Å². The summed E-state index contributed by atoms with van der Waals surface area (Å²) in [5.41, 5.74) is 0.788. The number of fused-ring (bicyclic) bond motifs is 1. The van der Waals surface area contributed by atoms with Crippen LogP contribution in [0.25, 0.3) is 10.8 Å². The third-order valence-corrected chi connectivity index (χ3v) is 6.49. The standard InChI is InChI=1S/C24H33N3O2/c1-19-9-11-25(12-10-19)17-21(28)18-26-13-15-27(16-14-26)24(29)23-8-4-6-20-5-2-3-7-22(20)23/h2-8,19,21,28H,9-18H2,1H3. The minimum absolute atomic E-state index is 0.115. The van der Waals surface area contributed by atoms with Crippen LogP contribution in [0.15, 0.2) is 42.5 Å². The second kappa shape index (κ2) is 9.24. The van der Waals surface area contributed by atoms with Crippen molar-refractivity contribution in [3.8, 4) is 0 Å². The zero-order valence-electron chi connectivity index (χ0n) is 17.5. The highest BCUT2D eigenvalue weighted by atomic mass is 16.3. The number of carbonyl (C=O) groups is 1. The smallest absolute Gasteiger partial charge is 0.254 e. The maximum atomic E-state index is 13.1. The van der Waals surface area contributed by atoms with Crippen molar-refractivity contribution in [2.75, 3.05) is 52.4 Å². The Labute approximate surface area is 173 Å². The van der Waals surface area contributed by atoms with Gasteiger partial charge in [-0.1, -0.05) is 43.3 Å². The van der Waals surface area contributed by atoms with E-state index in [0.29, 0.717) is 6.54 Å². The van der Waals surface area contributed by atoms with E-state index in [1.54, 1.807) is 0 Å². The normalized spacial score (nSPS) is 20.8. The van der Waals surface area contributed by atoms with Crippen molar-refractivity contribution in [2.45, 2.75) is 25.9 Å². The van der Waals surface area contributed by atoms with Crippen LogP contribution >= 0.6 is 0 Å². The second-order valence-electron chi connectivity index (χ2n) is 8.76. The molecule has 2 fully saturated rings. The van der Waals surface area contributed by atoms with Crippen molar-refractivity contribution >= 4 is 16.7 Å². The van der Waals surface area contributed by atoms with E-state index in [0.717, 1.165) is 68.1 Å². The Morgan fingerprint density at radius 1 is 0.931 bits per heavy atom. The lowest BCUT2D eigenvalue weighted by Crippen LogP contribution is -2.51. The Morgan fingerprint density at radius 2 is 1.55 bits per heavy atom. The number of piperidine rings is 1. The quantitative estimate of drug-likeness (QED) is 0.846. The van der Waals surface area contributed by atoms with Gasteiger partial charge in [0.2, 0.25) is 0 Å². The fraction of sp³-hybridized carbons (Fsp3) is 0.542. The zero-order chi connectivity index (χ0) is 20.2. The molecule has 2 aromatic rings.